The second-order valence-electron chi connectivity index (χ2n) is 8.69. The lowest BCUT2D eigenvalue weighted by molar-refractivity contribution is 0.0527. The second-order valence-corrected chi connectivity index (χ2v) is 9.10. The number of rotatable bonds is 6. The van der Waals surface area contributed by atoms with E-state index in [1.807, 2.05) is 4.40 Å². The fourth-order valence-corrected chi connectivity index (χ4v) is 3.56. The molecule has 3 rings (SSSR count). The van der Waals surface area contributed by atoms with Crippen molar-refractivity contribution in [3.8, 4) is 0 Å². The van der Waals surface area contributed by atoms with E-state index in [0.29, 0.717) is 34.5 Å². The third-order valence-corrected chi connectivity index (χ3v) is 5.22. The minimum absolute atomic E-state index is 0.0253. The molecule has 0 fully saturated rings. The first-order chi connectivity index (χ1) is 16.0. The molecule has 34 heavy (non-hydrogen) atoms. The van der Waals surface area contributed by atoms with E-state index in [4.69, 9.17) is 21.1 Å². The summed E-state index contributed by atoms with van der Waals surface area (Å²) in [6.07, 6.45) is 4.94. The fraction of sp³-hybridized carbons (Fsp3) is 0.320. The van der Waals surface area contributed by atoms with Gasteiger partial charge in [-0.15, -0.1) is 0 Å². The van der Waals surface area contributed by atoms with Gasteiger partial charge in [0, 0.05) is 24.7 Å². The van der Waals surface area contributed by atoms with Crippen LogP contribution in [0.5, 0.6) is 0 Å². The second kappa shape index (κ2) is 10.3. The normalized spacial score (nSPS) is 11.7. The van der Waals surface area contributed by atoms with E-state index >= 15 is 0 Å². The van der Waals surface area contributed by atoms with Crippen LogP contribution in [0.2, 0.25) is 5.02 Å². The molecule has 2 heterocycles. The highest BCUT2D eigenvalue weighted by Gasteiger charge is 2.18. The number of nitrogens with one attached hydrogen (secondary N) is 1. The Bertz CT molecular complexity index is 1260. The van der Waals surface area contributed by atoms with Crippen molar-refractivity contribution in [1.82, 2.24) is 14.7 Å². The number of nitrogens with zero attached hydrogens (tertiary/aromatic N) is 2. The zero-order valence-corrected chi connectivity index (χ0v) is 20.5. The molecule has 1 N–H and O–H groups in total. The quantitative estimate of drug-likeness (QED) is 0.467. The van der Waals surface area contributed by atoms with E-state index in [1.165, 1.54) is 13.2 Å². The number of hydrogen-bond donors (Lipinski definition) is 1. The lowest BCUT2D eigenvalue weighted by atomic mass is 10.1. The van der Waals surface area contributed by atoms with Gasteiger partial charge >= 0.3 is 12.1 Å². The Morgan fingerprint density at radius 1 is 1.26 bits per heavy atom. The SMILES string of the molecule is COC(=O)c1cc2nc(/C=C/c3cccc(Cl)c3F)c(CCNC(=O)OC(C)(C)C)n2cc1C. The van der Waals surface area contributed by atoms with Crippen LogP contribution < -0.4 is 5.32 Å². The largest absolute Gasteiger partial charge is 0.465 e. The van der Waals surface area contributed by atoms with Crippen molar-refractivity contribution in [3.63, 3.8) is 0 Å². The van der Waals surface area contributed by atoms with Crippen LogP contribution in [0.15, 0.2) is 30.5 Å². The standard InChI is InChI=1S/C25H27ClFN3O4/c1-15-14-30-20(11-12-28-24(32)34-25(2,3)4)19(29-21(30)13-17(15)23(31)33-5)10-9-16-7-6-8-18(26)22(16)27/h6-10,13-14H,11-12H2,1-5H3,(H,28,32)/b10-9+. The van der Waals surface area contributed by atoms with Gasteiger partial charge in [0.2, 0.25) is 0 Å². The topological polar surface area (TPSA) is 81.9 Å². The van der Waals surface area contributed by atoms with E-state index in [1.54, 1.807) is 64.2 Å². The highest BCUT2D eigenvalue weighted by Crippen LogP contribution is 2.23. The van der Waals surface area contributed by atoms with Crippen LogP contribution in [0.4, 0.5) is 9.18 Å². The molecular formula is C25H27ClFN3O4. The zero-order chi connectivity index (χ0) is 25.0. The summed E-state index contributed by atoms with van der Waals surface area (Å²) >= 11 is 5.89. The Morgan fingerprint density at radius 2 is 2.00 bits per heavy atom. The first-order valence-corrected chi connectivity index (χ1v) is 11.1. The molecule has 0 saturated carbocycles. The molecule has 0 radical (unpaired) electrons. The van der Waals surface area contributed by atoms with Crippen molar-refractivity contribution in [3.05, 3.63) is 69.4 Å². The number of esters is 1. The first-order valence-electron chi connectivity index (χ1n) is 10.7. The van der Waals surface area contributed by atoms with Gasteiger partial charge in [0.25, 0.3) is 0 Å². The molecule has 3 aromatic rings. The lowest BCUT2D eigenvalue weighted by Gasteiger charge is -2.19. The minimum atomic E-state index is -0.607. The number of hydrogen-bond acceptors (Lipinski definition) is 5. The molecule has 0 atom stereocenters. The van der Waals surface area contributed by atoms with Crippen molar-refractivity contribution in [1.29, 1.82) is 0 Å². The Balaban J connectivity index is 1.98. The number of amides is 1. The van der Waals surface area contributed by atoms with E-state index in [-0.39, 0.29) is 11.6 Å². The van der Waals surface area contributed by atoms with Gasteiger partial charge in [-0.2, -0.15) is 0 Å². The molecule has 0 aliphatic heterocycles. The maximum absolute atomic E-state index is 14.3. The monoisotopic (exact) mass is 487 g/mol. The predicted molar refractivity (Wildman–Crippen MR) is 130 cm³/mol. The maximum atomic E-state index is 14.3. The Morgan fingerprint density at radius 3 is 2.68 bits per heavy atom. The van der Waals surface area contributed by atoms with E-state index in [0.717, 1.165) is 5.69 Å². The Kier molecular flexibility index (Phi) is 7.61. The summed E-state index contributed by atoms with van der Waals surface area (Å²) in [7, 11) is 1.32. The molecule has 1 amide bonds. The van der Waals surface area contributed by atoms with Crippen LogP contribution in [-0.4, -0.2) is 40.7 Å². The minimum Gasteiger partial charge on any atom is -0.465 e. The van der Waals surface area contributed by atoms with Crippen LogP contribution >= 0.6 is 11.6 Å². The number of methoxy groups -OCH3 is 1. The molecule has 0 spiro atoms. The average Bonchev–Trinajstić information content (AvgIpc) is 3.08. The summed E-state index contributed by atoms with van der Waals surface area (Å²) in [5.74, 6) is -0.990. The third kappa shape index (κ3) is 5.94. The van der Waals surface area contributed by atoms with Crippen LogP contribution in [0.1, 0.15) is 53.6 Å². The number of fused-ring (bicyclic) bond motifs is 1. The first kappa shape index (κ1) is 25.2. The number of benzene rings is 1. The summed E-state index contributed by atoms with van der Waals surface area (Å²) in [6, 6.07) is 6.39. The van der Waals surface area contributed by atoms with Gasteiger partial charge in [0.1, 0.15) is 17.1 Å². The molecule has 0 bridgehead atoms. The van der Waals surface area contributed by atoms with E-state index in [2.05, 4.69) is 10.3 Å². The summed E-state index contributed by atoms with van der Waals surface area (Å²) in [6.45, 7) is 7.45. The van der Waals surface area contributed by atoms with Crippen molar-refractivity contribution in [2.75, 3.05) is 13.7 Å². The van der Waals surface area contributed by atoms with Crippen molar-refractivity contribution < 1.29 is 23.5 Å². The highest BCUT2D eigenvalue weighted by molar-refractivity contribution is 6.30. The fourth-order valence-electron chi connectivity index (χ4n) is 3.38. The number of ether oxygens (including phenoxy) is 2. The lowest BCUT2D eigenvalue weighted by Crippen LogP contribution is -2.33. The molecule has 2 aromatic heterocycles. The van der Waals surface area contributed by atoms with Gasteiger partial charge in [-0.1, -0.05) is 23.7 Å². The number of carbonyl (C=O) groups excluding carboxylic acids is 2. The number of carbonyl (C=O) groups is 2. The van der Waals surface area contributed by atoms with Gasteiger partial charge < -0.3 is 19.2 Å². The van der Waals surface area contributed by atoms with Gasteiger partial charge in [0.05, 0.1) is 29.1 Å². The van der Waals surface area contributed by atoms with Crippen LogP contribution in [0.25, 0.3) is 17.8 Å². The van der Waals surface area contributed by atoms with Crippen molar-refractivity contribution in [2.24, 2.45) is 0 Å². The summed E-state index contributed by atoms with van der Waals surface area (Å²) < 4.78 is 26.3. The Hall–Kier alpha value is -3.39. The maximum Gasteiger partial charge on any atom is 0.407 e. The molecule has 1 aromatic carbocycles. The van der Waals surface area contributed by atoms with Gasteiger partial charge in [-0.05, 0) is 57.5 Å². The van der Waals surface area contributed by atoms with Crippen molar-refractivity contribution >= 4 is 41.5 Å². The molecule has 0 aliphatic rings. The molecule has 9 heteroatoms. The smallest absolute Gasteiger partial charge is 0.407 e. The Labute approximate surface area is 202 Å². The molecule has 180 valence electrons. The summed E-state index contributed by atoms with van der Waals surface area (Å²) in [5, 5.41) is 2.76. The predicted octanol–water partition coefficient (Wildman–Crippen LogP) is 5.46. The number of aromatic nitrogens is 2. The van der Waals surface area contributed by atoms with Crippen LogP contribution in [-0.2, 0) is 15.9 Å². The molecule has 0 aliphatic carbocycles. The molecule has 0 unspecified atom stereocenters. The van der Waals surface area contributed by atoms with Gasteiger partial charge in [0.15, 0.2) is 0 Å². The molecule has 0 saturated heterocycles. The number of alkyl carbamates (subject to hydrolysis) is 1. The zero-order valence-electron chi connectivity index (χ0n) is 19.7. The van der Waals surface area contributed by atoms with E-state index < -0.39 is 23.5 Å². The molecular weight excluding hydrogens is 461 g/mol. The number of pyridine rings is 1. The van der Waals surface area contributed by atoms with Gasteiger partial charge in [-0.25, -0.2) is 19.0 Å². The highest BCUT2D eigenvalue weighted by atomic mass is 35.5. The van der Waals surface area contributed by atoms with Crippen LogP contribution in [0, 0.1) is 12.7 Å². The van der Waals surface area contributed by atoms with E-state index in [9.17, 15) is 14.0 Å². The number of aryl methyl sites for hydroxylation is 1. The third-order valence-electron chi connectivity index (χ3n) is 4.93. The van der Waals surface area contributed by atoms with Gasteiger partial charge in [-0.3, -0.25) is 0 Å². The summed E-state index contributed by atoms with van der Waals surface area (Å²) in [5.41, 5.74) is 2.66. The number of imidazole rings is 1. The van der Waals surface area contributed by atoms with Crippen LogP contribution in [0.3, 0.4) is 0 Å². The van der Waals surface area contributed by atoms with Crippen molar-refractivity contribution in [2.45, 2.75) is 39.7 Å². The number of halogens is 2. The summed E-state index contributed by atoms with van der Waals surface area (Å²) in [4.78, 5) is 28.8. The molecule has 7 nitrogen and oxygen atoms in total. The average molecular weight is 488 g/mol.